The predicted octanol–water partition coefficient (Wildman–Crippen LogP) is 5.72. The zero-order valence-electron chi connectivity index (χ0n) is 15.9. The number of halogens is 1. The summed E-state index contributed by atoms with van der Waals surface area (Å²) in [5, 5.41) is 16.4. The fourth-order valence-electron chi connectivity index (χ4n) is 2.88. The number of hydrogen-bond acceptors (Lipinski definition) is 4. The highest BCUT2D eigenvalue weighted by molar-refractivity contribution is 7.07. The molecule has 1 heterocycles. The highest BCUT2D eigenvalue weighted by atomic mass is 35.5. The average molecular weight is 429 g/mol. The van der Waals surface area contributed by atoms with E-state index in [0.29, 0.717) is 17.1 Å². The molecule has 0 amide bonds. The van der Waals surface area contributed by atoms with Gasteiger partial charge in [-0.25, -0.2) is 4.68 Å². The highest BCUT2D eigenvalue weighted by Crippen LogP contribution is 2.23. The van der Waals surface area contributed by atoms with Gasteiger partial charge in [-0.15, -0.1) is 11.3 Å². The van der Waals surface area contributed by atoms with Crippen molar-refractivity contribution in [3.8, 4) is 17.3 Å². The molecule has 0 saturated carbocycles. The minimum absolute atomic E-state index is 0.572. The second-order valence-corrected chi connectivity index (χ2v) is 7.78. The van der Waals surface area contributed by atoms with Crippen LogP contribution >= 0.6 is 22.9 Å². The van der Waals surface area contributed by atoms with Crippen LogP contribution in [0, 0.1) is 11.3 Å². The number of benzene rings is 3. The molecule has 0 saturated heterocycles. The van der Waals surface area contributed by atoms with Gasteiger partial charge in [0.05, 0.1) is 30.1 Å². The van der Waals surface area contributed by atoms with Crippen molar-refractivity contribution < 1.29 is 0 Å². The molecule has 0 aliphatic rings. The van der Waals surface area contributed by atoms with Crippen molar-refractivity contribution in [3.63, 3.8) is 0 Å². The van der Waals surface area contributed by atoms with Crippen LogP contribution in [0.1, 0.15) is 16.7 Å². The maximum atomic E-state index is 8.97. The number of aromatic nitrogens is 1. The van der Waals surface area contributed by atoms with Gasteiger partial charge < -0.3 is 0 Å². The summed E-state index contributed by atoms with van der Waals surface area (Å²) in [7, 11) is 0. The second-order valence-electron chi connectivity index (χ2n) is 6.51. The van der Waals surface area contributed by atoms with E-state index in [9.17, 15) is 0 Å². The van der Waals surface area contributed by atoms with Gasteiger partial charge in [-0.3, -0.25) is 4.99 Å². The lowest BCUT2D eigenvalue weighted by Gasteiger charge is -2.04. The first-order chi connectivity index (χ1) is 14.7. The van der Waals surface area contributed by atoms with Crippen molar-refractivity contribution in [2.24, 2.45) is 10.1 Å². The fraction of sp³-hybridized carbons (Fsp3) is 0.0417. The largest absolute Gasteiger partial charge is 0.253 e. The zero-order chi connectivity index (χ0) is 20.8. The first-order valence-electron chi connectivity index (χ1n) is 9.28. The summed E-state index contributed by atoms with van der Waals surface area (Å²) in [5.74, 6) is 0. The van der Waals surface area contributed by atoms with Gasteiger partial charge in [0.1, 0.15) is 0 Å². The van der Waals surface area contributed by atoms with E-state index in [4.69, 9.17) is 27.0 Å². The molecule has 0 atom stereocenters. The average Bonchev–Trinajstić information content (AvgIpc) is 3.20. The summed E-state index contributed by atoms with van der Waals surface area (Å²) in [6, 6.07) is 27.2. The quantitative estimate of drug-likeness (QED) is 0.375. The van der Waals surface area contributed by atoms with Crippen LogP contribution in [-0.2, 0) is 6.54 Å². The standard InChI is InChI=1S/C24H17ClN4S/c25-22-8-4-7-21(13-22)23-17-30-24(27-15-19-5-2-1-3-6-19)29(23)28-16-20-11-9-18(14-26)10-12-20/h1-13,16-17H,15H2. The normalized spacial score (nSPS) is 11.7. The van der Waals surface area contributed by atoms with Crippen LogP contribution in [0.3, 0.4) is 0 Å². The molecule has 0 N–H and O–H groups in total. The smallest absolute Gasteiger partial charge is 0.206 e. The molecule has 146 valence electrons. The van der Waals surface area contributed by atoms with Crippen LogP contribution in [0.2, 0.25) is 5.02 Å². The van der Waals surface area contributed by atoms with Crippen molar-refractivity contribution in [3.05, 3.63) is 111 Å². The highest BCUT2D eigenvalue weighted by Gasteiger charge is 2.08. The molecule has 1 aromatic heterocycles. The summed E-state index contributed by atoms with van der Waals surface area (Å²) in [5.41, 5.74) is 4.54. The zero-order valence-corrected chi connectivity index (χ0v) is 17.5. The van der Waals surface area contributed by atoms with Crippen molar-refractivity contribution in [2.45, 2.75) is 6.54 Å². The number of rotatable bonds is 5. The van der Waals surface area contributed by atoms with Crippen LogP contribution in [0.4, 0.5) is 0 Å². The van der Waals surface area contributed by atoms with Crippen LogP contribution in [0.5, 0.6) is 0 Å². The van der Waals surface area contributed by atoms with E-state index >= 15 is 0 Å². The summed E-state index contributed by atoms with van der Waals surface area (Å²) in [4.78, 5) is 5.57. The Morgan fingerprint density at radius 2 is 1.80 bits per heavy atom. The molecule has 4 nitrogen and oxygen atoms in total. The molecule has 0 fully saturated rings. The molecule has 0 aliphatic carbocycles. The molecule has 30 heavy (non-hydrogen) atoms. The molecular formula is C24H17ClN4S. The number of nitriles is 1. The third kappa shape index (κ3) is 4.74. The lowest BCUT2D eigenvalue weighted by atomic mass is 10.2. The molecule has 4 aromatic rings. The maximum absolute atomic E-state index is 8.97. The van der Waals surface area contributed by atoms with E-state index in [1.165, 1.54) is 11.3 Å². The molecule has 0 radical (unpaired) electrons. The Bertz CT molecular complexity index is 1280. The number of hydrogen-bond donors (Lipinski definition) is 0. The van der Waals surface area contributed by atoms with Gasteiger partial charge in [-0.1, -0.05) is 66.2 Å². The van der Waals surface area contributed by atoms with Crippen molar-refractivity contribution in [1.29, 1.82) is 5.26 Å². The Morgan fingerprint density at radius 3 is 2.53 bits per heavy atom. The summed E-state index contributed by atoms with van der Waals surface area (Å²) < 4.78 is 1.83. The maximum Gasteiger partial charge on any atom is 0.206 e. The Balaban J connectivity index is 1.75. The summed E-state index contributed by atoms with van der Waals surface area (Å²) in [6.07, 6.45) is 1.77. The molecule has 3 aromatic carbocycles. The van der Waals surface area contributed by atoms with E-state index in [1.807, 2.05) is 64.7 Å². The minimum atomic E-state index is 0.572. The lowest BCUT2D eigenvalue weighted by Crippen LogP contribution is -2.12. The first kappa shape index (κ1) is 19.8. The molecule has 6 heteroatoms. The lowest BCUT2D eigenvalue weighted by molar-refractivity contribution is 0.824. The van der Waals surface area contributed by atoms with Gasteiger partial charge in [0, 0.05) is 16.0 Å². The van der Waals surface area contributed by atoms with Crippen molar-refractivity contribution in [1.82, 2.24) is 4.68 Å². The van der Waals surface area contributed by atoms with Crippen molar-refractivity contribution >= 4 is 29.2 Å². The van der Waals surface area contributed by atoms with Gasteiger partial charge in [-0.05, 0) is 35.4 Å². The van der Waals surface area contributed by atoms with E-state index < -0.39 is 0 Å². The molecule has 0 unspecified atom stereocenters. The Hall–Kier alpha value is -3.46. The number of thiazole rings is 1. The summed E-state index contributed by atoms with van der Waals surface area (Å²) in [6.45, 7) is 0.572. The monoisotopic (exact) mass is 428 g/mol. The van der Waals surface area contributed by atoms with Gasteiger partial charge in [0.25, 0.3) is 0 Å². The van der Waals surface area contributed by atoms with Crippen LogP contribution in [-0.4, -0.2) is 10.9 Å². The Labute approximate surface area is 183 Å². The van der Waals surface area contributed by atoms with Gasteiger partial charge in [0.15, 0.2) is 0 Å². The van der Waals surface area contributed by atoms with Gasteiger partial charge in [-0.2, -0.15) is 10.4 Å². The predicted molar refractivity (Wildman–Crippen MR) is 123 cm³/mol. The molecule has 0 aliphatic heterocycles. The third-order valence-electron chi connectivity index (χ3n) is 4.41. The van der Waals surface area contributed by atoms with E-state index in [0.717, 1.165) is 27.2 Å². The van der Waals surface area contributed by atoms with Gasteiger partial charge in [0.2, 0.25) is 4.80 Å². The Morgan fingerprint density at radius 1 is 1.00 bits per heavy atom. The van der Waals surface area contributed by atoms with E-state index in [2.05, 4.69) is 18.2 Å². The van der Waals surface area contributed by atoms with E-state index in [-0.39, 0.29) is 0 Å². The van der Waals surface area contributed by atoms with Crippen LogP contribution < -0.4 is 4.80 Å². The Kier molecular flexibility index (Phi) is 6.19. The fourth-order valence-corrected chi connectivity index (χ4v) is 3.90. The first-order valence-corrected chi connectivity index (χ1v) is 10.5. The minimum Gasteiger partial charge on any atom is -0.253 e. The third-order valence-corrected chi connectivity index (χ3v) is 5.50. The van der Waals surface area contributed by atoms with Crippen LogP contribution in [0.25, 0.3) is 11.3 Å². The van der Waals surface area contributed by atoms with Gasteiger partial charge >= 0.3 is 0 Å². The number of nitrogens with zero attached hydrogens (tertiary/aromatic N) is 4. The van der Waals surface area contributed by atoms with Crippen LogP contribution in [0.15, 0.2) is 94.3 Å². The molecular weight excluding hydrogens is 412 g/mol. The topological polar surface area (TPSA) is 53.4 Å². The van der Waals surface area contributed by atoms with Crippen molar-refractivity contribution in [2.75, 3.05) is 0 Å². The molecule has 0 spiro atoms. The summed E-state index contributed by atoms with van der Waals surface area (Å²) >= 11 is 7.74. The molecule has 0 bridgehead atoms. The second kappa shape index (κ2) is 9.36. The van der Waals surface area contributed by atoms with E-state index in [1.54, 1.807) is 18.3 Å². The molecule has 4 rings (SSSR count). The SMILES string of the molecule is N#Cc1ccc(C=Nn2c(-c3cccc(Cl)c3)csc2=NCc2ccccc2)cc1.